The van der Waals surface area contributed by atoms with Crippen molar-refractivity contribution in [3.63, 3.8) is 0 Å². The van der Waals surface area contributed by atoms with E-state index in [2.05, 4.69) is 10.6 Å². The highest BCUT2D eigenvalue weighted by atomic mass is 32.2. The normalized spacial score (nSPS) is 11.4. The van der Waals surface area contributed by atoms with Crippen LogP contribution in [0.15, 0.2) is 77.7 Å². The van der Waals surface area contributed by atoms with Crippen molar-refractivity contribution in [1.82, 2.24) is 0 Å². The number of nitrogens with one attached hydrogen (secondary N) is 2. The fourth-order valence-corrected chi connectivity index (χ4v) is 3.57. The zero-order chi connectivity index (χ0) is 21.5. The lowest BCUT2D eigenvalue weighted by atomic mass is 10.2. The van der Waals surface area contributed by atoms with Crippen LogP contribution in [0.1, 0.15) is 22.8 Å². The van der Waals surface area contributed by atoms with Crippen LogP contribution in [-0.4, -0.2) is 24.2 Å². The summed E-state index contributed by atoms with van der Waals surface area (Å²) in [5.74, 6) is 0.417. The third-order valence-corrected chi connectivity index (χ3v) is 5.58. The van der Waals surface area contributed by atoms with Gasteiger partial charge in [0.15, 0.2) is 0 Å². The molecule has 3 rings (SSSR count). The third-order valence-electron chi connectivity index (χ3n) is 4.47. The number of carbonyl (C=O) groups is 2. The number of amides is 2. The highest BCUT2D eigenvalue weighted by Gasteiger charge is 2.15. The number of benzene rings is 3. The van der Waals surface area contributed by atoms with Gasteiger partial charge in [0, 0.05) is 21.8 Å². The van der Waals surface area contributed by atoms with Crippen molar-refractivity contribution in [2.24, 2.45) is 0 Å². The van der Waals surface area contributed by atoms with Gasteiger partial charge in [0.2, 0.25) is 5.91 Å². The molecule has 0 saturated carbocycles. The standard InChI is InChI=1S/C24H24N2O3S/c1-16-4-14-22(15-5-16)30-17(2)23(27)25-19-8-6-18(7-9-19)24(28)26-20-10-12-21(29-3)13-11-20/h4-15,17H,1-3H3,(H,25,27)(H,26,28)/t17-/m1/s1. The number of anilines is 2. The number of methoxy groups -OCH3 is 1. The van der Waals surface area contributed by atoms with Crippen LogP contribution in [0.3, 0.4) is 0 Å². The zero-order valence-corrected chi connectivity index (χ0v) is 18.0. The first kappa shape index (κ1) is 21.5. The minimum absolute atomic E-state index is 0.0870. The molecule has 0 heterocycles. The zero-order valence-electron chi connectivity index (χ0n) is 17.1. The van der Waals surface area contributed by atoms with E-state index in [9.17, 15) is 9.59 Å². The Morgan fingerprint density at radius 1 is 0.833 bits per heavy atom. The second kappa shape index (κ2) is 9.98. The van der Waals surface area contributed by atoms with Crippen LogP contribution in [0.4, 0.5) is 11.4 Å². The average Bonchev–Trinajstić information content (AvgIpc) is 2.76. The third kappa shape index (κ3) is 5.87. The number of rotatable bonds is 7. The lowest BCUT2D eigenvalue weighted by Gasteiger charge is -2.13. The molecule has 0 unspecified atom stereocenters. The molecular formula is C24H24N2O3S. The molecular weight excluding hydrogens is 396 g/mol. The molecule has 6 heteroatoms. The summed E-state index contributed by atoms with van der Waals surface area (Å²) in [5.41, 5.74) is 3.02. The molecule has 0 aliphatic rings. The van der Waals surface area contributed by atoms with E-state index in [0.29, 0.717) is 16.9 Å². The minimum Gasteiger partial charge on any atom is -0.497 e. The molecule has 0 radical (unpaired) electrons. The molecule has 3 aromatic rings. The Balaban J connectivity index is 1.55. The summed E-state index contributed by atoms with van der Waals surface area (Å²) >= 11 is 1.51. The average molecular weight is 421 g/mol. The van der Waals surface area contributed by atoms with Gasteiger partial charge in [0.25, 0.3) is 5.91 Å². The van der Waals surface area contributed by atoms with Gasteiger partial charge >= 0.3 is 0 Å². The van der Waals surface area contributed by atoms with Crippen molar-refractivity contribution in [1.29, 1.82) is 0 Å². The quantitative estimate of drug-likeness (QED) is 0.504. The van der Waals surface area contributed by atoms with E-state index in [1.807, 2.05) is 38.1 Å². The Labute approximate surface area is 180 Å². The maximum Gasteiger partial charge on any atom is 0.255 e. The number of hydrogen-bond donors (Lipinski definition) is 2. The van der Waals surface area contributed by atoms with Crippen LogP contribution in [0.2, 0.25) is 0 Å². The molecule has 0 saturated heterocycles. The first-order chi connectivity index (χ1) is 14.4. The Morgan fingerprint density at radius 2 is 1.40 bits per heavy atom. The summed E-state index contributed by atoms with van der Waals surface area (Å²) < 4.78 is 5.11. The second-order valence-corrected chi connectivity index (χ2v) is 8.24. The largest absolute Gasteiger partial charge is 0.497 e. The van der Waals surface area contributed by atoms with E-state index in [0.717, 1.165) is 10.6 Å². The Bertz CT molecular complexity index is 1000. The molecule has 154 valence electrons. The second-order valence-electron chi connectivity index (χ2n) is 6.82. The number of carbonyl (C=O) groups excluding carboxylic acids is 2. The lowest BCUT2D eigenvalue weighted by molar-refractivity contribution is -0.115. The SMILES string of the molecule is COc1ccc(NC(=O)c2ccc(NC(=O)[C@@H](C)Sc3ccc(C)cc3)cc2)cc1. The fourth-order valence-electron chi connectivity index (χ4n) is 2.70. The molecule has 2 N–H and O–H groups in total. The van der Waals surface area contributed by atoms with Crippen LogP contribution >= 0.6 is 11.8 Å². The number of thioether (sulfide) groups is 1. The van der Waals surface area contributed by atoms with Crippen molar-refractivity contribution >= 4 is 35.0 Å². The van der Waals surface area contributed by atoms with Crippen LogP contribution in [0.5, 0.6) is 5.75 Å². The molecule has 1 atom stereocenters. The van der Waals surface area contributed by atoms with Gasteiger partial charge in [0.1, 0.15) is 5.75 Å². The Morgan fingerprint density at radius 3 is 2.00 bits per heavy atom. The molecule has 0 aliphatic carbocycles. The number of aryl methyl sites for hydroxylation is 1. The fraction of sp³-hybridized carbons (Fsp3) is 0.167. The van der Waals surface area contributed by atoms with E-state index in [-0.39, 0.29) is 17.1 Å². The predicted molar refractivity (Wildman–Crippen MR) is 123 cm³/mol. The van der Waals surface area contributed by atoms with Gasteiger partial charge in [0.05, 0.1) is 12.4 Å². The Hall–Kier alpha value is -3.25. The minimum atomic E-state index is -0.245. The number of ether oxygens (including phenoxy) is 1. The first-order valence-electron chi connectivity index (χ1n) is 9.54. The van der Waals surface area contributed by atoms with E-state index >= 15 is 0 Å². The molecule has 0 aliphatic heterocycles. The van der Waals surface area contributed by atoms with E-state index in [1.54, 1.807) is 55.6 Å². The summed E-state index contributed by atoms with van der Waals surface area (Å²) in [7, 11) is 1.59. The first-order valence-corrected chi connectivity index (χ1v) is 10.4. The summed E-state index contributed by atoms with van der Waals surface area (Å²) in [6.07, 6.45) is 0. The molecule has 2 amide bonds. The van der Waals surface area contributed by atoms with Gasteiger partial charge in [-0.15, -0.1) is 11.8 Å². The lowest BCUT2D eigenvalue weighted by Crippen LogP contribution is -2.22. The van der Waals surface area contributed by atoms with Gasteiger partial charge in [-0.1, -0.05) is 17.7 Å². The monoisotopic (exact) mass is 420 g/mol. The van der Waals surface area contributed by atoms with Crippen molar-refractivity contribution in [3.8, 4) is 5.75 Å². The molecule has 0 spiro atoms. The topological polar surface area (TPSA) is 67.4 Å². The molecule has 0 bridgehead atoms. The molecule has 0 aromatic heterocycles. The maximum absolute atomic E-state index is 12.5. The highest BCUT2D eigenvalue weighted by molar-refractivity contribution is 8.00. The molecule has 5 nitrogen and oxygen atoms in total. The van der Waals surface area contributed by atoms with Gasteiger partial charge in [-0.2, -0.15) is 0 Å². The van der Waals surface area contributed by atoms with Crippen molar-refractivity contribution in [2.75, 3.05) is 17.7 Å². The summed E-state index contributed by atoms with van der Waals surface area (Å²) in [6, 6.07) is 22.0. The van der Waals surface area contributed by atoms with Gasteiger partial charge in [-0.05, 0) is 74.5 Å². The van der Waals surface area contributed by atoms with Crippen molar-refractivity contribution in [3.05, 3.63) is 83.9 Å². The van der Waals surface area contributed by atoms with Gasteiger partial charge in [-0.3, -0.25) is 9.59 Å². The van der Waals surface area contributed by atoms with Crippen molar-refractivity contribution in [2.45, 2.75) is 24.0 Å². The van der Waals surface area contributed by atoms with Crippen LogP contribution in [0.25, 0.3) is 0 Å². The maximum atomic E-state index is 12.5. The molecule has 3 aromatic carbocycles. The van der Waals surface area contributed by atoms with Crippen LogP contribution in [0, 0.1) is 6.92 Å². The van der Waals surface area contributed by atoms with Gasteiger partial charge in [-0.25, -0.2) is 0 Å². The van der Waals surface area contributed by atoms with E-state index in [4.69, 9.17) is 4.74 Å². The summed E-state index contributed by atoms with van der Waals surface area (Å²) in [4.78, 5) is 25.9. The predicted octanol–water partition coefficient (Wildman–Crippen LogP) is 5.38. The van der Waals surface area contributed by atoms with Gasteiger partial charge < -0.3 is 15.4 Å². The summed E-state index contributed by atoms with van der Waals surface area (Å²) in [5, 5.41) is 5.49. The molecule has 0 fully saturated rings. The van der Waals surface area contributed by atoms with E-state index in [1.165, 1.54) is 17.3 Å². The van der Waals surface area contributed by atoms with Crippen LogP contribution in [-0.2, 0) is 4.79 Å². The van der Waals surface area contributed by atoms with E-state index < -0.39 is 0 Å². The van der Waals surface area contributed by atoms with Crippen LogP contribution < -0.4 is 15.4 Å². The summed E-state index contributed by atoms with van der Waals surface area (Å²) in [6.45, 7) is 3.90. The molecule has 30 heavy (non-hydrogen) atoms. The highest BCUT2D eigenvalue weighted by Crippen LogP contribution is 2.24. The number of hydrogen-bond acceptors (Lipinski definition) is 4. The smallest absolute Gasteiger partial charge is 0.255 e. The van der Waals surface area contributed by atoms with Crippen molar-refractivity contribution < 1.29 is 14.3 Å². The Kier molecular flexibility index (Phi) is 7.14.